The number of rotatable bonds is 9. The summed E-state index contributed by atoms with van der Waals surface area (Å²) < 4.78 is 17.2. The van der Waals surface area contributed by atoms with E-state index in [4.69, 9.17) is 24.1 Å². The van der Waals surface area contributed by atoms with E-state index in [-0.39, 0.29) is 46.0 Å². The quantitative estimate of drug-likeness (QED) is 0.0745. The zero-order valence-electron chi connectivity index (χ0n) is 28.1. The molecule has 0 heterocycles. The highest BCUT2D eigenvalue weighted by Gasteiger charge is 2.35. The molecule has 4 N–H and O–H groups in total. The van der Waals surface area contributed by atoms with Gasteiger partial charge in [0.2, 0.25) is 0 Å². The maximum atomic E-state index is 13.8. The molecule has 0 saturated heterocycles. The van der Waals surface area contributed by atoms with Crippen molar-refractivity contribution in [2.24, 2.45) is 0 Å². The minimum absolute atomic E-state index is 0.00887. The van der Waals surface area contributed by atoms with Crippen LogP contribution in [0.15, 0.2) is 27.3 Å². The molecule has 12 heteroatoms. The summed E-state index contributed by atoms with van der Waals surface area (Å²) in [6, 6.07) is 2.59. The monoisotopic (exact) mass is 658 g/mol. The Hall–Kier alpha value is -5.36. The number of aromatic hydroxyl groups is 2. The predicted molar refractivity (Wildman–Crippen MR) is 186 cm³/mol. The van der Waals surface area contributed by atoms with Gasteiger partial charge in [0.25, 0.3) is 5.97 Å². The van der Waals surface area contributed by atoms with Gasteiger partial charge in [0.05, 0.1) is 37.8 Å². The summed E-state index contributed by atoms with van der Waals surface area (Å²) in [6.07, 6.45) is 0.991. The number of hydrogen-bond acceptors (Lipinski definition) is 11. The Labute approximate surface area is 275 Å². The summed E-state index contributed by atoms with van der Waals surface area (Å²) in [5.74, 6) is -1.31. The Morgan fingerprint density at radius 3 is 1.81 bits per heavy atom. The first-order valence-electron chi connectivity index (χ1n) is 15.3. The average Bonchev–Trinajstić information content (AvgIpc) is 3.14. The summed E-state index contributed by atoms with van der Waals surface area (Å²) in [6.45, 7) is 5.64. The summed E-state index contributed by atoms with van der Waals surface area (Å²) >= 11 is 0. The van der Waals surface area contributed by atoms with Crippen molar-refractivity contribution in [1.29, 1.82) is 0 Å². The number of anilines is 1. The van der Waals surface area contributed by atoms with Gasteiger partial charge in [0, 0.05) is 63.7 Å². The molecule has 0 amide bonds. The average molecular weight is 659 g/mol. The van der Waals surface area contributed by atoms with E-state index in [0.29, 0.717) is 66.8 Å². The van der Waals surface area contributed by atoms with Crippen LogP contribution in [-0.4, -0.2) is 80.5 Å². The van der Waals surface area contributed by atoms with Crippen LogP contribution in [0.4, 0.5) is 5.69 Å². The van der Waals surface area contributed by atoms with Gasteiger partial charge in [0.1, 0.15) is 11.5 Å². The first kappa shape index (κ1) is 34.0. The molecule has 0 radical (unpaired) electrons. The van der Waals surface area contributed by atoms with Gasteiger partial charge in [-0.2, -0.15) is 0 Å². The third-order valence-corrected chi connectivity index (χ3v) is 8.71. The second-order valence-electron chi connectivity index (χ2n) is 12.1. The summed E-state index contributed by atoms with van der Waals surface area (Å²) in [5, 5.41) is 37.0. The molecule has 0 bridgehead atoms. The van der Waals surface area contributed by atoms with E-state index in [0.717, 1.165) is 19.9 Å². The molecule has 0 spiro atoms. The highest BCUT2D eigenvalue weighted by molar-refractivity contribution is 6.42. The van der Waals surface area contributed by atoms with E-state index < -0.39 is 22.6 Å². The zero-order valence-corrected chi connectivity index (χ0v) is 28.1. The molecule has 5 aromatic rings. The van der Waals surface area contributed by atoms with Crippen LogP contribution in [-0.2, 0) is 16.0 Å². The van der Waals surface area contributed by atoms with Gasteiger partial charge >= 0.3 is 0 Å². The van der Waals surface area contributed by atoms with E-state index >= 15 is 0 Å². The van der Waals surface area contributed by atoms with Crippen molar-refractivity contribution in [1.82, 2.24) is 4.90 Å². The normalized spacial score (nSPS) is 12.6. The predicted octanol–water partition coefficient (Wildman–Crippen LogP) is 4.71. The smallest absolute Gasteiger partial charge is 0.300 e. The highest BCUT2D eigenvalue weighted by Crippen LogP contribution is 2.57. The minimum atomic E-state index is -0.833. The highest BCUT2D eigenvalue weighted by atomic mass is 16.5. The Bertz CT molecular complexity index is 2290. The number of phenols is 2. The van der Waals surface area contributed by atoms with Gasteiger partial charge in [-0.05, 0) is 58.3 Å². The molecule has 0 unspecified atom stereocenters. The SMILES string of the molecule is CC(=O)O.COc1c(O)c2c(=O)cc(OC)c3c4c(OC)cc(=O)c5c(O)c(NCCCN(C)C)c6c(c(c1C(C(C)=O)=C(C)C6)c23)c54. The molecule has 0 atom stereocenters. The molecule has 0 saturated carbocycles. The van der Waals surface area contributed by atoms with E-state index in [2.05, 4.69) is 10.2 Å². The standard InChI is InChI=1S/C34H34N2O8.C2H4O2/c1-14-11-16-22-27-23(32(40)31(16)35-9-8-10-36(3)4)17(38)12-19(42-5)25(27)26-20(43-6)13-18(39)24-29(26)28(22)30(21(14)15(2)37)34(44-7)33(24)41;1-2(3)4/h12-13,35,40-41H,8-11H2,1-7H3;1H3,(H,3,4). The van der Waals surface area contributed by atoms with Gasteiger partial charge in [-0.1, -0.05) is 5.57 Å². The topological polar surface area (TPSA) is 172 Å². The number of benzene rings is 5. The number of carbonyl (C=O) groups excluding carboxylic acids is 1. The number of carboxylic acids is 1. The van der Waals surface area contributed by atoms with Gasteiger partial charge in [0.15, 0.2) is 33.9 Å². The lowest BCUT2D eigenvalue weighted by Gasteiger charge is -2.24. The van der Waals surface area contributed by atoms with Crippen LogP contribution < -0.4 is 30.4 Å². The molecular formula is C36H38N2O10. The van der Waals surface area contributed by atoms with Crippen LogP contribution in [0.25, 0.3) is 48.7 Å². The number of nitrogens with zero attached hydrogens (tertiary/aromatic N) is 1. The van der Waals surface area contributed by atoms with Crippen molar-refractivity contribution in [2.75, 3.05) is 53.8 Å². The van der Waals surface area contributed by atoms with Crippen molar-refractivity contribution in [2.45, 2.75) is 33.6 Å². The van der Waals surface area contributed by atoms with Crippen molar-refractivity contribution in [3.63, 3.8) is 0 Å². The van der Waals surface area contributed by atoms with Gasteiger partial charge in [-0.25, -0.2) is 0 Å². The first-order valence-corrected chi connectivity index (χ1v) is 15.3. The van der Waals surface area contributed by atoms with Gasteiger partial charge < -0.3 is 39.7 Å². The second-order valence-corrected chi connectivity index (χ2v) is 12.1. The molecule has 12 nitrogen and oxygen atoms in total. The first-order chi connectivity index (χ1) is 22.7. The van der Waals surface area contributed by atoms with Crippen LogP contribution in [0.1, 0.15) is 38.3 Å². The Morgan fingerprint density at radius 2 is 1.33 bits per heavy atom. The van der Waals surface area contributed by atoms with Gasteiger partial charge in [-0.3, -0.25) is 19.2 Å². The summed E-state index contributed by atoms with van der Waals surface area (Å²) in [4.78, 5) is 51.9. The number of aliphatic carboxylic acids is 1. The molecular weight excluding hydrogens is 620 g/mol. The molecule has 5 aromatic carbocycles. The van der Waals surface area contributed by atoms with E-state index in [1.54, 1.807) is 0 Å². The number of nitrogens with one attached hydrogen (secondary N) is 1. The van der Waals surface area contributed by atoms with E-state index in [1.807, 2.05) is 21.0 Å². The number of allylic oxidation sites excluding steroid dienone is 2. The van der Waals surface area contributed by atoms with Crippen LogP contribution in [0, 0.1) is 0 Å². The maximum Gasteiger partial charge on any atom is 0.300 e. The Kier molecular flexibility index (Phi) is 8.98. The van der Waals surface area contributed by atoms with Crippen LogP contribution in [0.2, 0.25) is 0 Å². The van der Waals surface area contributed by atoms with Crippen molar-refractivity contribution in [3.05, 3.63) is 49.3 Å². The number of hydrogen-bond donors (Lipinski definition) is 4. The summed E-state index contributed by atoms with van der Waals surface area (Å²) in [5.41, 5.74) is 1.39. The van der Waals surface area contributed by atoms with E-state index in [9.17, 15) is 24.6 Å². The van der Waals surface area contributed by atoms with E-state index in [1.165, 1.54) is 40.4 Å². The number of ketones is 1. The zero-order chi connectivity index (χ0) is 35.4. The summed E-state index contributed by atoms with van der Waals surface area (Å²) in [7, 11) is 8.19. The Morgan fingerprint density at radius 1 is 0.812 bits per heavy atom. The van der Waals surface area contributed by atoms with Crippen LogP contribution in [0.5, 0.6) is 28.7 Å². The van der Waals surface area contributed by atoms with Crippen LogP contribution >= 0.6 is 0 Å². The maximum absolute atomic E-state index is 13.8. The Balaban J connectivity index is 0.00000107. The molecule has 0 aliphatic heterocycles. The molecule has 1 aliphatic rings. The van der Waals surface area contributed by atoms with Crippen molar-refractivity contribution >= 4 is 66.1 Å². The number of phenolic OH excluding ortho intramolecular Hbond substituents is 2. The fourth-order valence-electron chi connectivity index (χ4n) is 7.05. The number of carbonyl (C=O) groups is 2. The minimum Gasteiger partial charge on any atom is -0.505 e. The molecule has 252 valence electrons. The lowest BCUT2D eigenvalue weighted by molar-refractivity contribution is -0.134. The third kappa shape index (κ3) is 5.12. The van der Waals surface area contributed by atoms with Crippen molar-refractivity contribution < 1.29 is 39.1 Å². The fourth-order valence-corrected chi connectivity index (χ4v) is 7.05. The fraction of sp³-hybridized carbons (Fsp3) is 0.333. The number of methoxy groups -OCH3 is 3. The molecule has 0 fully saturated rings. The molecule has 48 heavy (non-hydrogen) atoms. The van der Waals surface area contributed by atoms with Gasteiger partial charge in [-0.15, -0.1) is 0 Å². The lowest BCUT2D eigenvalue weighted by atomic mass is 9.82. The molecule has 1 aliphatic carbocycles. The molecule has 6 rings (SSSR count). The largest absolute Gasteiger partial charge is 0.505 e. The third-order valence-electron chi connectivity index (χ3n) is 8.71. The second kappa shape index (κ2) is 12.7. The number of fused-ring (bicyclic) bond motifs is 1. The number of carboxylic acid groups (broad SMARTS) is 1. The number of ether oxygens (including phenoxy) is 3. The van der Waals surface area contributed by atoms with Crippen LogP contribution in [0.3, 0.4) is 0 Å². The van der Waals surface area contributed by atoms with Crippen molar-refractivity contribution in [3.8, 4) is 28.7 Å². The number of Topliss-reactive ketones (excluding diaryl/α,β-unsaturated/α-hetero) is 1. The lowest BCUT2D eigenvalue weighted by Crippen LogP contribution is -2.17. The molecule has 0 aromatic heterocycles.